The van der Waals surface area contributed by atoms with Gasteiger partial charge in [0.1, 0.15) is 5.75 Å². The molecule has 0 amide bonds. The van der Waals surface area contributed by atoms with E-state index in [1.807, 2.05) is 0 Å². The molecular weight excluding hydrogens is 380 g/mol. The summed E-state index contributed by atoms with van der Waals surface area (Å²) < 4.78 is 6.22. The molecule has 3 heterocycles. The van der Waals surface area contributed by atoms with E-state index in [9.17, 15) is 0 Å². The minimum absolute atomic E-state index is 0.407. The normalized spacial score (nSPS) is 23.7. The van der Waals surface area contributed by atoms with Gasteiger partial charge in [-0.1, -0.05) is 30.5 Å². The Kier molecular flexibility index (Phi) is 6.30. The van der Waals surface area contributed by atoms with Crippen LogP contribution >= 0.6 is 0 Å². The van der Waals surface area contributed by atoms with Crippen molar-refractivity contribution >= 4 is 0 Å². The molecule has 3 heteroatoms. The largest absolute Gasteiger partial charge is 0.494 e. The Morgan fingerprint density at radius 3 is 2.58 bits per heavy atom. The fourth-order valence-electron chi connectivity index (χ4n) is 5.74. The Morgan fingerprint density at radius 2 is 1.77 bits per heavy atom. The maximum absolute atomic E-state index is 6.22. The first kappa shape index (κ1) is 20.6. The lowest BCUT2D eigenvalue weighted by atomic mass is 9.81. The number of fused-ring (bicyclic) bond motifs is 3. The van der Waals surface area contributed by atoms with Gasteiger partial charge in [0.25, 0.3) is 0 Å². The van der Waals surface area contributed by atoms with Gasteiger partial charge in [-0.25, -0.2) is 0 Å². The van der Waals surface area contributed by atoms with E-state index in [4.69, 9.17) is 11.2 Å². The minimum atomic E-state index is 0.407. The number of nitrogens with zero attached hydrogens (tertiary/aromatic N) is 2. The lowest BCUT2D eigenvalue weighted by Crippen LogP contribution is -2.34. The summed E-state index contributed by atoms with van der Waals surface area (Å²) in [6.07, 6.45) is 13.3. The van der Waals surface area contributed by atoms with Crippen LogP contribution < -0.4 is 4.74 Å². The van der Waals surface area contributed by atoms with Gasteiger partial charge in [0.2, 0.25) is 0 Å². The van der Waals surface area contributed by atoms with Crippen LogP contribution in [0.2, 0.25) is 0 Å². The molecule has 2 atom stereocenters. The van der Waals surface area contributed by atoms with E-state index in [1.54, 1.807) is 0 Å². The number of benzene rings is 2. The third kappa shape index (κ3) is 4.52. The molecule has 0 aliphatic carbocycles. The van der Waals surface area contributed by atoms with Gasteiger partial charge in [-0.05, 0) is 92.7 Å². The maximum Gasteiger partial charge on any atom is 0.119 e. The molecule has 0 N–H and O–H groups in total. The zero-order valence-corrected chi connectivity index (χ0v) is 18.6. The fourth-order valence-corrected chi connectivity index (χ4v) is 5.74. The lowest BCUT2D eigenvalue weighted by Gasteiger charge is -2.37. The van der Waals surface area contributed by atoms with Crippen molar-refractivity contribution in [2.75, 3.05) is 39.3 Å². The Morgan fingerprint density at radius 1 is 0.935 bits per heavy atom. The smallest absolute Gasteiger partial charge is 0.119 e. The molecule has 2 aromatic carbocycles. The summed E-state index contributed by atoms with van der Waals surface area (Å²) in [6, 6.07) is 16.0. The molecule has 5 rings (SSSR count). The van der Waals surface area contributed by atoms with Crippen LogP contribution in [0, 0.1) is 12.3 Å². The average Bonchev–Trinajstić information content (AvgIpc) is 3.31. The second kappa shape index (κ2) is 9.47. The van der Waals surface area contributed by atoms with Crippen molar-refractivity contribution in [1.82, 2.24) is 9.80 Å². The third-order valence-corrected chi connectivity index (χ3v) is 7.39. The van der Waals surface area contributed by atoms with E-state index in [0.717, 1.165) is 37.4 Å². The highest BCUT2D eigenvalue weighted by atomic mass is 16.5. The molecule has 0 spiro atoms. The standard InChI is InChI=1S/C28H34N2O/c1-2-22-9-11-23(12-10-22)27-21-30-18-6-8-28(30)26-20-24(13-14-25(26)27)31-19-7-17-29-15-4-3-5-16-29/h1,9-14,20,27-28H,3-8,15-19,21H2/t27-,28+/m0/s1. The van der Waals surface area contributed by atoms with Gasteiger partial charge >= 0.3 is 0 Å². The first-order valence-electron chi connectivity index (χ1n) is 12.1. The molecule has 3 aliphatic rings. The Labute approximate surface area is 187 Å². The van der Waals surface area contributed by atoms with Crippen molar-refractivity contribution in [3.63, 3.8) is 0 Å². The maximum atomic E-state index is 6.22. The molecule has 0 radical (unpaired) electrons. The summed E-state index contributed by atoms with van der Waals surface area (Å²) in [5, 5.41) is 0. The van der Waals surface area contributed by atoms with E-state index in [1.165, 1.54) is 68.4 Å². The van der Waals surface area contributed by atoms with Crippen LogP contribution in [0.15, 0.2) is 42.5 Å². The molecule has 2 fully saturated rings. The van der Waals surface area contributed by atoms with Gasteiger partial charge in [-0.3, -0.25) is 4.90 Å². The van der Waals surface area contributed by atoms with Gasteiger partial charge in [0.05, 0.1) is 6.61 Å². The SMILES string of the molecule is C#Cc1ccc([C@@H]2CN3CCC[C@@H]3c3cc(OCCCN4CCCCC4)ccc32)cc1. The van der Waals surface area contributed by atoms with Gasteiger partial charge in [0, 0.05) is 30.6 Å². The third-order valence-electron chi connectivity index (χ3n) is 7.39. The Hall–Kier alpha value is -2.28. The first-order valence-corrected chi connectivity index (χ1v) is 12.1. The van der Waals surface area contributed by atoms with E-state index in [2.05, 4.69) is 58.2 Å². The highest BCUT2D eigenvalue weighted by Gasteiger charge is 2.36. The minimum Gasteiger partial charge on any atom is -0.494 e. The van der Waals surface area contributed by atoms with Gasteiger partial charge in [0.15, 0.2) is 0 Å². The van der Waals surface area contributed by atoms with Gasteiger partial charge in [-0.2, -0.15) is 0 Å². The second-order valence-electron chi connectivity index (χ2n) is 9.37. The second-order valence-corrected chi connectivity index (χ2v) is 9.37. The number of ether oxygens (including phenoxy) is 1. The van der Waals surface area contributed by atoms with Crippen molar-refractivity contribution in [2.24, 2.45) is 0 Å². The summed E-state index contributed by atoms with van der Waals surface area (Å²) in [7, 11) is 0. The van der Waals surface area contributed by atoms with E-state index >= 15 is 0 Å². The predicted molar refractivity (Wildman–Crippen MR) is 127 cm³/mol. The quantitative estimate of drug-likeness (QED) is 0.477. The number of likely N-dealkylation sites (tertiary alicyclic amines) is 1. The number of hydrogen-bond acceptors (Lipinski definition) is 3. The zero-order valence-electron chi connectivity index (χ0n) is 18.6. The highest BCUT2D eigenvalue weighted by Crippen LogP contribution is 2.45. The average molecular weight is 415 g/mol. The van der Waals surface area contributed by atoms with Crippen LogP contribution in [0.25, 0.3) is 0 Å². The van der Waals surface area contributed by atoms with Crippen LogP contribution in [0.4, 0.5) is 0 Å². The Bertz CT molecular complexity index is 923. The molecule has 2 saturated heterocycles. The number of hydrogen-bond donors (Lipinski definition) is 0. The molecule has 0 unspecified atom stereocenters. The van der Waals surface area contributed by atoms with Crippen molar-refractivity contribution in [3.8, 4) is 18.1 Å². The van der Waals surface area contributed by atoms with E-state index < -0.39 is 0 Å². The molecule has 2 aromatic rings. The topological polar surface area (TPSA) is 15.7 Å². The highest BCUT2D eigenvalue weighted by molar-refractivity contribution is 5.47. The van der Waals surface area contributed by atoms with Gasteiger partial charge < -0.3 is 9.64 Å². The van der Waals surface area contributed by atoms with E-state index in [-0.39, 0.29) is 0 Å². The summed E-state index contributed by atoms with van der Waals surface area (Å²) in [5.41, 5.74) is 5.26. The summed E-state index contributed by atoms with van der Waals surface area (Å²) in [4.78, 5) is 5.26. The van der Waals surface area contributed by atoms with Crippen molar-refractivity contribution in [2.45, 2.75) is 50.5 Å². The molecule has 31 heavy (non-hydrogen) atoms. The van der Waals surface area contributed by atoms with Crippen molar-refractivity contribution < 1.29 is 4.74 Å². The predicted octanol–water partition coefficient (Wildman–Crippen LogP) is 5.21. The number of rotatable bonds is 6. The van der Waals surface area contributed by atoms with Crippen LogP contribution in [-0.2, 0) is 0 Å². The van der Waals surface area contributed by atoms with Crippen molar-refractivity contribution in [3.05, 3.63) is 64.7 Å². The van der Waals surface area contributed by atoms with Crippen LogP contribution in [0.1, 0.15) is 72.7 Å². The monoisotopic (exact) mass is 414 g/mol. The summed E-state index contributed by atoms with van der Waals surface area (Å²) in [5.74, 6) is 4.18. The molecule has 0 aromatic heterocycles. The van der Waals surface area contributed by atoms with Crippen LogP contribution in [0.5, 0.6) is 5.75 Å². The molecule has 0 bridgehead atoms. The molecule has 3 nitrogen and oxygen atoms in total. The zero-order chi connectivity index (χ0) is 21.0. The van der Waals surface area contributed by atoms with Crippen molar-refractivity contribution in [1.29, 1.82) is 0 Å². The molecule has 3 aliphatic heterocycles. The number of terminal acetylenes is 1. The summed E-state index contributed by atoms with van der Waals surface area (Å²) in [6.45, 7) is 6.80. The lowest BCUT2D eigenvalue weighted by molar-refractivity contribution is 0.204. The first-order chi connectivity index (χ1) is 15.3. The molecular formula is C28H34N2O. The number of piperidine rings is 1. The summed E-state index contributed by atoms with van der Waals surface area (Å²) >= 11 is 0. The van der Waals surface area contributed by atoms with E-state index in [0.29, 0.717) is 12.0 Å². The van der Waals surface area contributed by atoms with Crippen LogP contribution in [-0.4, -0.2) is 49.1 Å². The fraction of sp³-hybridized carbons (Fsp3) is 0.500. The van der Waals surface area contributed by atoms with Crippen LogP contribution in [0.3, 0.4) is 0 Å². The molecule has 162 valence electrons. The van der Waals surface area contributed by atoms with Gasteiger partial charge in [-0.15, -0.1) is 6.42 Å². The molecule has 0 saturated carbocycles. The Balaban J connectivity index is 1.30.